The predicted molar refractivity (Wildman–Crippen MR) is 139 cm³/mol. The Bertz CT molecular complexity index is 1290. The second kappa shape index (κ2) is 10.2. The normalized spacial score (nSPS) is 11.1. The number of carbonyl (C=O) groups is 1. The molecule has 0 aliphatic heterocycles. The Kier molecular flexibility index (Phi) is 7.12. The second-order valence-electron chi connectivity index (χ2n) is 8.71. The summed E-state index contributed by atoms with van der Waals surface area (Å²) in [6.45, 7) is 10.4. The minimum absolute atomic E-state index is 0.0744. The Morgan fingerprint density at radius 1 is 1.03 bits per heavy atom. The average molecular weight is 472 g/mol. The van der Waals surface area contributed by atoms with Gasteiger partial charge in [0.1, 0.15) is 0 Å². The summed E-state index contributed by atoms with van der Waals surface area (Å²) >= 11 is 1.38. The van der Waals surface area contributed by atoms with Gasteiger partial charge in [-0.3, -0.25) is 14.3 Å². The lowest BCUT2D eigenvalue weighted by molar-refractivity contribution is -0.113. The van der Waals surface area contributed by atoms with Gasteiger partial charge in [-0.25, -0.2) is 0 Å². The Morgan fingerprint density at radius 3 is 2.44 bits per heavy atom. The van der Waals surface area contributed by atoms with Crippen molar-refractivity contribution in [1.82, 2.24) is 19.7 Å². The quantitative estimate of drug-likeness (QED) is 0.329. The van der Waals surface area contributed by atoms with Gasteiger partial charge in [0, 0.05) is 23.6 Å². The van der Waals surface area contributed by atoms with Crippen LogP contribution in [-0.4, -0.2) is 31.4 Å². The van der Waals surface area contributed by atoms with Crippen LogP contribution in [0.3, 0.4) is 0 Å². The van der Waals surface area contributed by atoms with Crippen LogP contribution < -0.4 is 5.32 Å². The van der Waals surface area contributed by atoms with Crippen molar-refractivity contribution in [1.29, 1.82) is 0 Å². The first-order valence-electron chi connectivity index (χ1n) is 11.3. The first-order valence-corrected chi connectivity index (χ1v) is 12.3. The molecule has 0 aliphatic carbocycles. The number of anilines is 1. The lowest BCUT2D eigenvalue weighted by Gasteiger charge is -2.17. The van der Waals surface area contributed by atoms with E-state index in [1.165, 1.54) is 22.9 Å². The number of thioether (sulfide) groups is 1. The van der Waals surface area contributed by atoms with Crippen LogP contribution in [0.4, 0.5) is 5.69 Å². The minimum atomic E-state index is -0.0744. The molecule has 7 heteroatoms. The summed E-state index contributed by atoms with van der Waals surface area (Å²) in [6, 6.07) is 16.3. The van der Waals surface area contributed by atoms with Gasteiger partial charge in [0.15, 0.2) is 11.0 Å². The molecule has 0 radical (unpaired) electrons. The average Bonchev–Trinajstić information content (AvgIpc) is 3.24. The number of hydrogen-bond acceptors (Lipinski definition) is 5. The highest BCUT2D eigenvalue weighted by atomic mass is 32.2. The monoisotopic (exact) mass is 471 g/mol. The summed E-state index contributed by atoms with van der Waals surface area (Å²) in [7, 11) is 0. The number of rotatable bonds is 7. The zero-order valence-corrected chi connectivity index (χ0v) is 21.0. The van der Waals surface area contributed by atoms with Gasteiger partial charge in [0.2, 0.25) is 5.91 Å². The maximum absolute atomic E-state index is 12.9. The van der Waals surface area contributed by atoms with E-state index in [1.807, 2.05) is 42.7 Å². The zero-order valence-electron chi connectivity index (χ0n) is 20.2. The molecule has 174 valence electrons. The SMILES string of the molecule is Cc1cc(C)c(NC(=O)CSc2nnc(-c3cccnc3)n2-c2ccccc2C(C)C)c(C)c1. The Hall–Kier alpha value is -3.45. The first-order chi connectivity index (χ1) is 16.3. The van der Waals surface area contributed by atoms with E-state index in [0.29, 0.717) is 16.9 Å². The molecule has 0 atom stereocenters. The highest BCUT2D eigenvalue weighted by molar-refractivity contribution is 7.99. The Labute approximate surface area is 204 Å². The highest BCUT2D eigenvalue weighted by Gasteiger charge is 2.20. The van der Waals surface area contributed by atoms with Gasteiger partial charge in [0.05, 0.1) is 11.4 Å². The molecule has 2 aromatic heterocycles. The van der Waals surface area contributed by atoms with Crippen LogP contribution in [0.1, 0.15) is 42.0 Å². The Morgan fingerprint density at radius 2 is 1.76 bits per heavy atom. The molecule has 0 saturated heterocycles. The maximum Gasteiger partial charge on any atom is 0.234 e. The third kappa shape index (κ3) is 5.04. The van der Waals surface area contributed by atoms with Crippen LogP contribution in [-0.2, 0) is 4.79 Å². The lowest BCUT2D eigenvalue weighted by atomic mass is 10.0. The molecule has 2 aromatic carbocycles. The van der Waals surface area contributed by atoms with Crippen LogP contribution in [0.15, 0.2) is 66.1 Å². The van der Waals surface area contributed by atoms with Gasteiger partial charge in [-0.15, -0.1) is 10.2 Å². The van der Waals surface area contributed by atoms with Crippen molar-refractivity contribution in [3.8, 4) is 17.1 Å². The molecule has 0 unspecified atom stereocenters. The van der Waals surface area contributed by atoms with Gasteiger partial charge in [0.25, 0.3) is 0 Å². The van der Waals surface area contributed by atoms with Gasteiger partial charge in [-0.1, -0.05) is 61.5 Å². The van der Waals surface area contributed by atoms with Crippen molar-refractivity contribution in [3.63, 3.8) is 0 Å². The summed E-state index contributed by atoms with van der Waals surface area (Å²) in [5.74, 6) is 1.17. The fraction of sp³-hybridized carbons (Fsp3) is 0.259. The smallest absolute Gasteiger partial charge is 0.234 e. The zero-order chi connectivity index (χ0) is 24.2. The van der Waals surface area contributed by atoms with E-state index < -0.39 is 0 Å². The van der Waals surface area contributed by atoms with Gasteiger partial charge in [-0.05, 0) is 61.6 Å². The number of aromatic nitrogens is 4. The van der Waals surface area contributed by atoms with Crippen molar-refractivity contribution in [3.05, 3.63) is 83.2 Å². The number of carbonyl (C=O) groups excluding carboxylic acids is 1. The molecule has 0 spiro atoms. The van der Waals surface area contributed by atoms with Crippen LogP contribution in [0.2, 0.25) is 0 Å². The standard InChI is InChI=1S/C27H29N5OS/c1-17(2)22-10-6-7-11-23(22)32-26(21-9-8-12-28-15-21)30-31-27(32)34-16-24(33)29-25-19(4)13-18(3)14-20(25)5/h6-15,17H,16H2,1-5H3,(H,29,33). The molecular formula is C27H29N5OS. The number of hydrogen-bond donors (Lipinski definition) is 1. The van der Waals surface area contributed by atoms with Crippen molar-refractivity contribution >= 4 is 23.4 Å². The molecule has 1 N–H and O–H groups in total. The van der Waals surface area contributed by atoms with Gasteiger partial charge in [-0.2, -0.15) is 0 Å². The number of aryl methyl sites for hydroxylation is 3. The van der Waals surface area contributed by atoms with Gasteiger partial charge >= 0.3 is 0 Å². The van der Waals surface area contributed by atoms with Crippen molar-refractivity contribution in [2.75, 3.05) is 11.1 Å². The third-order valence-electron chi connectivity index (χ3n) is 5.63. The summed E-state index contributed by atoms with van der Waals surface area (Å²) in [5, 5.41) is 12.7. The van der Waals surface area contributed by atoms with Crippen LogP contribution in [0, 0.1) is 20.8 Å². The van der Waals surface area contributed by atoms with Crippen molar-refractivity contribution < 1.29 is 4.79 Å². The number of amides is 1. The molecule has 1 amide bonds. The van der Waals surface area contributed by atoms with E-state index in [0.717, 1.165) is 28.1 Å². The van der Waals surface area contributed by atoms with E-state index in [4.69, 9.17) is 0 Å². The molecule has 0 bridgehead atoms. The number of benzene rings is 2. The summed E-state index contributed by atoms with van der Waals surface area (Å²) in [5.41, 5.74) is 7.24. The molecule has 0 saturated carbocycles. The molecule has 0 aliphatic rings. The third-order valence-corrected chi connectivity index (χ3v) is 6.56. The molecule has 6 nitrogen and oxygen atoms in total. The second-order valence-corrected chi connectivity index (χ2v) is 9.65. The van der Waals surface area contributed by atoms with Crippen molar-refractivity contribution in [2.45, 2.75) is 45.7 Å². The number of nitrogens with zero attached hydrogens (tertiary/aromatic N) is 4. The summed E-state index contributed by atoms with van der Waals surface area (Å²) < 4.78 is 2.03. The number of para-hydroxylation sites is 1. The van der Waals surface area contributed by atoms with E-state index in [-0.39, 0.29) is 11.7 Å². The molecule has 4 aromatic rings. The van der Waals surface area contributed by atoms with E-state index in [9.17, 15) is 4.79 Å². The van der Waals surface area contributed by atoms with Gasteiger partial charge < -0.3 is 5.32 Å². The number of pyridine rings is 1. The topological polar surface area (TPSA) is 72.7 Å². The van der Waals surface area contributed by atoms with Crippen LogP contribution in [0.25, 0.3) is 17.1 Å². The molecular weight excluding hydrogens is 442 g/mol. The maximum atomic E-state index is 12.9. The largest absolute Gasteiger partial charge is 0.325 e. The minimum Gasteiger partial charge on any atom is -0.325 e. The number of nitrogens with one attached hydrogen (secondary N) is 1. The highest BCUT2D eigenvalue weighted by Crippen LogP contribution is 2.32. The van der Waals surface area contributed by atoms with E-state index in [1.54, 1.807) is 12.4 Å². The summed E-state index contributed by atoms with van der Waals surface area (Å²) in [6.07, 6.45) is 3.52. The lowest BCUT2D eigenvalue weighted by Crippen LogP contribution is -2.16. The molecule has 2 heterocycles. The summed E-state index contributed by atoms with van der Waals surface area (Å²) in [4.78, 5) is 17.1. The molecule has 34 heavy (non-hydrogen) atoms. The van der Waals surface area contributed by atoms with E-state index in [2.05, 4.69) is 65.5 Å². The van der Waals surface area contributed by atoms with Crippen molar-refractivity contribution in [2.24, 2.45) is 0 Å². The fourth-order valence-electron chi connectivity index (χ4n) is 4.12. The first kappa shape index (κ1) is 23.7. The molecule has 0 fully saturated rings. The fourth-order valence-corrected chi connectivity index (χ4v) is 4.87. The van der Waals surface area contributed by atoms with Crippen LogP contribution in [0.5, 0.6) is 0 Å². The molecule has 4 rings (SSSR count). The predicted octanol–water partition coefficient (Wildman–Crippen LogP) is 6.11. The Balaban J connectivity index is 1.66. The van der Waals surface area contributed by atoms with Crippen LogP contribution >= 0.6 is 11.8 Å². The van der Waals surface area contributed by atoms with E-state index >= 15 is 0 Å².